The number of rotatable bonds is 6. The second kappa shape index (κ2) is 6.90. The zero-order valence-electron chi connectivity index (χ0n) is 14.4. The molecule has 0 amide bonds. The number of benzene rings is 1. The maximum atomic E-state index is 11.0. The van der Waals surface area contributed by atoms with Crippen molar-refractivity contribution in [1.29, 1.82) is 0 Å². The van der Waals surface area contributed by atoms with Crippen molar-refractivity contribution in [1.82, 2.24) is 9.78 Å². The lowest BCUT2D eigenvalue weighted by molar-refractivity contribution is -0.138. The van der Waals surface area contributed by atoms with E-state index in [0.717, 1.165) is 24.2 Å². The lowest BCUT2D eigenvalue weighted by Gasteiger charge is -2.21. The summed E-state index contributed by atoms with van der Waals surface area (Å²) < 4.78 is 2.14. The van der Waals surface area contributed by atoms with Gasteiger partial charge in [-0.1, -0.05) is 31.4 Å². The largest absolute Gasteiger partial charge is 0.481 e. The molecule has 1 aromatic carbocycles. The first kappa shape index (κ1) is 16.2. The van der Waals surface area contributed by atoms with Crippen molar-refractivity contribution in [2.75, 3.05) is 5.32 Å². The van der Waals surface area contributed by atoms with Gasteiger partial charge < -0.3 is 10.4 Å². The van der Waals surface area contributed by atoms with Gasteiger partial charge in [-0.3, -0.25) is 9.48 Å². The van der Waals surface area contributed by atoms with Crippen LogP contribution in [0.1, 0.15) is 61.6 Å². The highest BCUT2D eigenvalue weighted by molar-refractivity contribution is 5.75. The predicted octanol–water partition coefficient (Wildman–Crippen LogP) is 4.19. The zero-order chi connectivity index (χ0) is 17.2. The van der Waals surface area contributed by atoms with Gasteiger partial charge in [0, 0.05) is 24.0 Å². The number of hydrogen-bond acceptors (Lipinski definition) is 3. The van der Waals surface area contributed by atoms with Crippen LogP contribution in [0.25, 0.3) is 0 Å². The first-order valence-electron chi connectivity index (χ1n) is 9.30. The number of carboxylic acids is 1. The van der Waals surface area contributed by atoms with Gasteiger partial charge >= 0.3 is 5.97 Å². The molecule has 0 spiro atoms. The first-order chi connectivity index (χ1) is 12.2. The summed E-state index contributed by atoms with van der Waals surface area (Å²) in [7, 11) is 0. The molecule has 0 saturated heterocycles. The molecule has 2 aliphatic carbocycles. The molecule has 2 fully saturated rings. The van der Waals surface area contributed by atoms with E-state index >= 15 is 0 Å². The van der Waals surface area contributed by atoms with Gasteiger partial charge in [-0.05, 0) is 42.9 Å². The minimum absolute atomic E-state index is 0.190. The highest BCUT2D eigenvalue weighted by atomic mass is 16.4. The number of carbonyl (C=O) groups is 1. The van der Waals surface area contributed by atoms with Gasteiger partial charge in [-0.15, -0.1) is 0 Å². The van der Waals surface area contributed by atoms with E-state index in [2.05, 4.69) is 21.3 Å². The standard InChI is InChI=1S/C20H25N3O2/c24-20(25)19-10-18(19)15-6-8-16(9-7-15)21-11-14-12-22-23(13-14)17-4-2-1-3-5-17/h6-9,12-13,17-19,21H,1-5,10-11H2,(H,24,25)/t18-,19+/m0/s1. The normalized spacial score (nSPS) is 23.4. The Hall–Kier alpha value is -2.30. The summed E-state index contributed by atoms with van der Waals surface area (Å²) in [4.78, 5) is 11.0. The van der Waals surface area contributed by atoms with E-state index in [9.17, 15) is 4.79 Å². The Morgan fingerprint density at radius 3 is 2.64 bits per heavy atom. The smallest absolute Gasteiger partial charge is 0.307 e. The van der Waals surface area contributed by atoms with Gasteiger partial charge in [0.25, 0.3) is 0 Å². The predicted molar refractivity (Wildman–Crippen MR) is 96.6 cm³/mol. The Morgan fingerprint density at radius 2 is 1.96 bits per heavy atom. The molecule has 2 atom stereocenters. The Morgan fingerprint density at radius 1 is 1.20 bits per heavy atom. The van der Waals surface area contributed by atoms with Crippen molar-refractivity contribution in [3.63, 3.8) is 0 Å². The third-order valence-corrected chi connectivity index (χ3v) is 5.55. The molecule has 0 bridgehead atoms. The number of nitrogens with zero attached hydrogens (tertiary/aromatic N) is 2. The molecule has 25 heavy (non-hydrogen) atoms. The maximum Gasteiger partial charge on any atom is 0.307 e. The molecule has 1 aromatic heterocycles. The summed E-state index contributed by atoms with van der Waals surface area (Å²) in [5.41, 5.74) is 3.38. The van der Waals surface area contributed by atoms with Crippen LogP contribution < -0.4 is 5.32 Å². The molecule has 2 aromatic rings. The minimum atomic E-state index is -0.679. The number of anilines is 1. The number of hydrogen-bond donors (Lipinski definition) is 2. The van der Waals surface area contributed by atoms with Crippen LogP contribution in [0.5, 0.6) is 0 Å². The van der Waals surface area contributed by atoms with E-state index in [1.807, 2.05) is 30.5 Å². The van der Waals surface area contributed by atoms with Crippen molar-refractivity contribution >= 4 is 11.7 Å². The summed E-state index contributed by atoms with van der Waals surface area (Å²) >= 11 is 0. The number of aliphatic carboxylic acids is 1. The summed E-state index contributed by atoms with van der Waals surface area (Å²) in [5, 5.41) is 17.0. The summed E-state index contributed by atoms with van der Waals surface area (Å²) in [5.74, 6) is -0.674. The Balaban J connectivity index is 1.31. The summed E-state index contributed by atoms with van der Waals surface area (Å²) in [6.45, 7) is 0.757. The van der Waals surface area contributed by atoms with Crippen LogP contribution in [0, 0.1) is 5.92 Å². The van der Waals surface area contributed by atoms with Crippen molar-refractivity contribution in [3.8, 4) is 0 Å². The quantitative estimate of drug-likeness (QED) is 0.828. The Kier molecular flexibility index (Phi) is 4.47. The van der Waals surface area contributed by atoms with E-state index in [1.54, 1.807) is 0 Å². The molecule has 1 heterocycles. The molecule has 4 rings (SSSR count). The van der Waals surface area contributed by atoms with Gasteiger partial charge in [0.15, 0.2) is 0 Å². The maximum absolute atomic E-state index is 11.0. The molecule has 2 saturated carbocycles. The van der Waals surface area contributed by atoms with Crippen molar-refractivity contribution < 1.29 is 9.90 Å². The van der Waals surface area contributed by atoms with Gasteiger partial charge in [0.1, 0.15) is 0 Å². The van der Waals surface area contributed by atoms with Crippen LogP contribution in [-0.4, -0.2) is 20.9 Å². The van der Waals surface area contributed by atoms with Crippen molar-refractivity contribution in [2.45, 2.75) is 57.0 Å². The fourth-order valence-electron chi connectivity index (χ4n) is 3.90. The highest BCUT2D eigenvalue weighted by Crippen LogP contribution is 2.47. The molecule has 0 radical (unpaired) electrons. The fraction of sp³-hybridized carbons (Fsp3) is 0.500. The van der Waals surface area contributed by atoms with Crippen LogP contribution in [0.2, 0.25) is 0 Å². The molecule has 2 aliphatic rings. The molecule has 2 N–H and O–H groups in total. The van der Waals surface area contributed by atoms with Gasteiger partial charge in [-0.2, -0.15) is 5.10 Å². The Bertz CT molecular complexity index is 732. The van der Waals surface area contributed by atoms with Crippen LogP contribution in [0.3, 0.4) is 0 Å². The molecule has 132 valence electrons. The van der Waals surface area contributed by atoms with E-state index in [0.29, 0.717) is 6.04 Å². The number of nitrogens with one attached hydrogen (secondary N) is 1. The van der Waals surface area contributed by atoms with Gasteiger partial charge in [0.2, 0.25) is 0 Å². The Labute approximate surface area is 148 Å². The second-order valence-corrected chi connectivity index (χ2v) is 7.38. The third-order valence-electron chi connectivity index (χ3n) is 5.55. The third kappa shape index (κ3) is 3.70. The van der Waals surface area contributed by atoms with E-state index in [4.69, 9.17) is 5.11 Å². The average molecular weight is 339 g/mol. The molecule has 5 nitrogen and oxygen atoms in total. The monoisotopic (exact) mass is 339 g/mol. The second-order valence-electron chi connectivity index (χ2n) is 7.38. The van der Waals surface area contributed by atoms with Crippen LogP contribution in [0.4, 0.5) is 5.69 Å². The molecular formula is C20H25N3O2. The van der Waals surface area contributed by atoms with E-state index in [1.165, 1.54) is 37.7 Å². The first-order valence-corrected chi connectivity index (χ1v) is 9.30. The average Bonchev–Trinajstić information content (AvgIpc) is 3.32. The fourth-order valence-corrected chi connectivity index (χ4v) is 3.90. The lowest BCUT2D eigenvalue weighted by Crippen LogP contribution is -2.13. The molecule has 0 unspecified atom stereocenters. The van der Waals surface area contributed by atoms with Crippen LogP contribution >= 0.6 is 0 Å². The van der Waals surface area contributed by atoms with Crippen molar-refractivity contribution in [3.05, 3.63) is 47.8 Å². The molecular weight excluding hydrogens is 314 g/mol. The van der Waals surface area contributed by atoms with Crippen LogP contribution in [-0.2, 0) is 11.3 Å². The van der Waals surface area contributed by atoms with Gasteiger partial charge in [-0.25, -0.2) is 0 Å². The zero-order valence-corrected chi connectivity index (χ0v) is 14.4. The number of aromatic nitrogens is 2. The van der Waals surface area contributed by atoms with Crippen LogP contribution in [0.15, 0.2) is 36.7 Å². The highest BCUT2D eigenvalue weighted by Gasteiger charge is 2.43. The van der Waals surface area contributed by atoms with E-state index < -0.39 is 5.97 Å². The molecule has 0 aliphatic heterocycles. The van der Waals surface area contributed by atoms with E-state index in [-0.39, 0.29) is 11.8 Å². The minimum Gasteiger partial charge on any atom is -0.481 e. The molecule has 5 heteroatoms. The number of carboxylic acid groups (broad SMARTS) is 1. The summed E-state index contributed by atoms with van der Waals surface area (Å²) in [6, 6.07) is 8.74. The topological polar surface area (TPSA) is 67.2 Å². The van der Waals surface area contributed by atoms with Crippen molar-refractivity contribution in [2.24, 2.45) is 5.92 Å². The van der Waals surface area contributed by atoms with Gasteiger partial charge in [0.05, 0.1) is 18.2 Å². The SMILES string of the molecule is O=C(O)[C@@H]1C[C@H]1c1ccc(NCc2cnn(C3CCCCC3)c2)cc1. The lowest BCUT2D eigenvalue weighted by atomic mass is 9.96. The summed E-state index contributed by atoms with van der Waals surface area (Å²) in [6.07, 6.45) is 11.4.